The van der Waals surface area contributed by atoms with Gasteiger partial charge in [-0.1, -0.05) is 18.2 Å². The van der Waals surface area contributed by atoms with Gasteiger partial charge >= 0.3 is 11.9 Å². The maximum atomic E-state index is 12.2. The van der Waals surface area contributed by atoms with E-state index in [0.29, 0.717) is 5.56 Å². The molecule has 0 saturated carbocycles. The van der Waals surface area contributed by atoms with Crippen LogP contribution in [0.2, 0.25) is 0 Å². The molecule has 1 aliphatic carbocycles. The highest BCUT2D eigenvalue weighted by Gasteiger charge is 2.55. The summed E-state index contributed by atoms with van der Waals surface area (Å²) >= 11 is 0. The number of methoxy groups -OCH3 is 1. The lowest BCUT2D eigenvalue weighted by molar-refractivity contribution is -0.346. The van der Waals surface area contributed by atoms with E-state index in [9.17, 15) is 45.3 Å². The number of phenols is 1. The fourth-order valence-corrected chi connectivity index (χ4v) is 4.76. The summed E-state index contributed by atoms with van der Waals surface area (Å²) in [6.45, 7) is -1.35. The van der Waals surface area contributed by atoms with Crippen molar-refractivity contribution in [1.82, 2.24) is 0 Å². The fraction of sp³-hybridized carbons (Fsp3) is 0.462. The van der Waals surface area contributed by atoms with Crippen molar-refractivity contribution < 1.29 is 69.0 Å². The van der Waals surface area contributed by atoms with E-state index in [2.05, 4.69) is 0 Å². The molecule has 7 N–H and O–H groups in total. The van der Waals surface area contributed by atoms with Crippen LogP contribution in [0.1, 0.15) is 5.56 Å². The van der Waals surface area contributed by atoms with Crippen molar-refractivity contribution in [3.8, 4) is 11.5 Å². The second-order valence-corrected chi connectivity index (χ2v) is 9.49. The Morgan fingerprint density at radius 2 is 1.88 bits per heavy atom. The Labute approximate surface area is 227 Å². The number of fused-ring (bicyclic) bond motifs is 1. The Bertz CT molecular complexity index is 1190. The standard InChI is InChI=1S/C26H30O14/c1-36-16-8-12(2-4-15(16)28)3-5-18(29)37-10-17-20(30)21(31)22(32)25(39-17)40-24-19-13(6-7-26(19,35)11-27)14(9-38-24)23(33)34/h2-9,13,17,19-22,24-25,27-28,30-32,35H,10-11H2,1H3,(H,33,34)/b5-3+/t13-,17+,19-,20-,21+,22-,24+,25-,26+/m1/s1. The van der Waals surface area contributed by atoms with E-state index in [1.54, 1.807) is 0 Å². The smallest absolute Gasteiger partial charge is 0.335 e. The quantitative estimate of drug-likeness (QED) is 0.104. The van der Waals surface area contributed by atoms with Crippen molar-refractivity contribution >= 4 is 18.0 Å². The maximum Gasteiger partial charge on any atom is 0.335 e. The van der Waals surface area contributed by atoms with Crippen LogP contribution >= 0.6 is 0 Å². The predicted octanol–water partition coefficient (Wildman–Crippen LogP) is -1.37. The molecular weight excluding hydrogens is 536 g/mol. The molecule has 3 aliphatic rings. The molecule has 2 heterocycles. The molecule has 0 amide bonds. The molecule has 0 spiro atoms. The van der Waals surface area contributed by atoms with Gasteiger partial charge in [-0.3, -0.25) is 0 Å². The number of hydrogen-bond acceptors (Lipinski definition) is 13. The minimum atomic E-state index is -1.93. The SMILES string of the molecule is COc1cc(/C=C/C(=O)OC[C@@H]2O[C@H](O[C@@H]3OC=C(C(=O)O)[C@H]4C=C[C@](O)(CO)[C@@H]34)[C@H](O)[C@@H](O)[C@@H]2O)ccc1O. The Morgan fingerprint density at radius 1 is 1.12 bits per heavy atom. The van der Waals surface area contributed by atoms with Crippen LogP contribution in [-0.4, -0.2) is 111 Å². The van der Waals surface area contributed by atoms with E-state index in [-0.39, 0.29) is 17.1 Å². The lowest BCUT2D eigenvalue weighted by atomic mass is 9.79. The second kappa shape index (κ2) is 11.9. The summed E-state index contributed by atoms with van der Waals surface area (Å²) in [6, 6.07) is 4.39. The molecule has 40 heavy (non-hydrogen) atoms. The third-order valence-electron chi connectivity index (χ3n) is 6.98. The number of phenolic OH excluding ortho intramolecular Hbond substituents is 1. The monoisotopic (exact) mass is 566 g/mol. The highest BCUT2D eigenvalue weighted by Crippen LogP contribution is 2.45. The van der Waals surface area contributed by atoms with Crippen LogP contribution in [0.5, 0.6) is 11.5 Å². The Morgan fingerprint density at radius 3 is 2.55 bits per heavy atom. The average Bonchev–Trinajstić information content (AvgIpc) is 3.30. The first kappa shape index (κ1) is 29.5. The minimum Gasteiger partial charge on any atom is -0.504 e. The highest BCUT2D eigenvalue weighted by molar-refractivity contribution is 5.88. The predicted molar refractivity (Wildman–Crippen MR) is 131 cm³/mol. The zero-order valence-electron chi connectivity index (χ0n) is 21.1. The summed E-state index contributed by atoms with van der Waals surface area (Å²) < 4.78 is 26.7. The Kier molecular flexibility index (Phi) is 8.80. The first-order valence-electron chi connectivity index (χ1n) is 12.2. The molecule has 0 aromatic heterocycles. The van der Waals surface area contributed by atoms with Gasteiger partial charge in [0, 0.05) is 12.0 Å². The highest BCUT2D eigenvalue weighted by atomic mass is 16.8. The number of aromatic hydroxyl groups is 1. The molecule has 1 fully saturated rings. The Hall–Kier alpha value is -3.50. The van der Waals surface area contributed by atoms with Gasteiger partial charge in [0.1, 0.15) is 36.6 Å². The number of carboxylic acids is 1. The Balaban J connectivity index is 1.42. The third kappa shape index (κ3) is 5.83. The molecule has 4 rings (SSSR count). The van der Waals surface area contributed by atoms with Crippen molar-refractivity contribution in [3.05, 3.63) is 53.8 Å². The molecule has 9 atom stereocenters. The van der Waals surface area contributed by atoms with Crippen LogP contribution in [-0.2, 0) is 28.5 Å². The van der Waals surface area contributed by atoms with E-state index in [0.717, 1.165) is 12.3 Å². The number of hydrogen-bond donors (Lipinski definition) is 7. The summed E-state index contributed by atoms with van der Waals surface area (Å²) in [7, 11) is 1.37. The van der Waals surface area contributed by atoms with Crippen LogP contribution in [0.3, 0.4) is 0 Å². The van der Waals surface area contributed by atoms with Gasteiger partial charge < -0.3 is 59.4 Å². The summed E-state index contributed by atoms with van der Waals surface area (Å²) in [5, 5.41) is 70.9. The number of aliphatic carboxylic acids is 1. The molecule has 0 radical (unpaired) electrons. The molecule has 2 aliphatic heterocycles. The van der Waals surface area contributed by atoms with Gasteiger partial charge in [0.15, 0.2) is 17.8 Å². The number of esters is 1. The number of carbonyl (C=O) groups excluding carboxylic acids is 1. The van der Waals surface area contributed by atoms with Crippen molar-refractivity contribution in [2.45, 2.75) is 42.6 Å². The topological polar surface area (TPSA) is 222 Å². The normalized spacial score (nSPS) is 35.1. The summed E-state index contributed by atoms with van der Waals surface area (Å²) in [5.41, 5.74) is -1.61. The van der Waals surface area contributed by atoms with E-state index in [4.69, 9.17) is 23.7 Å². The average molecular weight is 567 g/mol. The maximum absolute atomic E-state index is 12.2. The molecule has 1 saturated heterocycles. The number of carboxylic acid groups (broad SMARTS) is 1. The number of allylic oxidation sites excluding steroid dienone is 1. The van der Waals surface area contributed by atoms with Crippen molar-refractivity contribution in [2.24, 2.45) is 11.8 Å². The van der Waals surface area contributed by atoms with Crippen LogP contribution in [0.25, 0.3) is 6.08 Å². The van der Waals surface area contributed by atoms with Gasteiger partial charge in [0.25, 0.3) is 0 Å². The fourth-order valence-electron chi connectivity index (χ4n) is 4.76. The van der Waals surface area contributed by atoms with E-state index in [1.807, 2.05) is 0 Å². The molecule has 1 aromatic carbocycles. The zero-order chi connectivity index (χ0) is 29.2. The molecule has 0 unspecified atom stereocenters. The first-order valence-corrected chi connectivity index (χ1v) is 12.2. The van der Waals surface area contributed by atoms with E-state index in [1.165, 1.54) is 43.5 Å². The lowest BCUT2D eigenvalue weighted by Crippen LogP contribution is -2.61. The number of benzene rings is 1. The van der Waals surface area contributed by atoms with Crippen molar-refractivity contribution in [2.75, 3.05) is 20.3 Å². The van der Waals surface area contributed by atoms with Gasteiger partial charge in [-0.15, -0.1) is 0 Å². The third-order valence-corrected chi connectivity index (χ3v) is 6.98. The minimum absolute atomic E-state index is 0.0825. The second-order valence-electron chi connectivity index (χ2n) is 9.49. The van der Waals surface area contributed by atoms with Crippen molar-refractivity contribution in [1.29, 1.82) is 0 Å². The van der Waals surface area contributed by atoms with Gasteiger partial charge in [0.2, 0.25) is 6.29 Å². The van der Waals surface area contributed by atoms with Gasteiger partial charge in [0.05, 0.1) is 31.5 Å². The lowest BCUT2D eigenvalue weighted by Gasteiger charge is -2.44. The molecule has 14 heteroatoms. The van der Waals surface area contributed by atoms with E-state index < -0.39 is 79.6 Å². The van der Waals surface area contributed by atoms with Crippen LogP contribution in [0.4, 0.5) is 0 Å². The van der Waals surface area contributed by atoms with Gasteiger partial charge in [-0.2, -0.15) is 0 Å². The molecular formula is C26H30O14. The molecule has 218 valence electrons. The van der Waals surface area contributed by atoms with Crippen LogP contribution in [0.15, 0.2) is 48.3 Å². The molecule has 14 nitrogen and oxygen atoms in total. The summed E-state index contributed by atoms with van der Waals surface area (Å²) in [4.78, 5) is 23.9. The number of aliphatic hydroxyl groups is 5. The van der Waals surface area contributed by atoms with E-state index >= 15 is 0 Å². The number of rotatable bonds is 9. The largest absolute Gasteiger partial charge is 0.504 e. The van der Waals surface area contributed by atoms with Crippen LogP contribution in [0, 0.1) is 11.8 Å². The summed E-state index contributed by atoms with van der Waals surface area (Å²) in [5.74, 6) is -4.11. The van der Waals surface area contributed by atoms with Crippen LogP contribution < -0.4 is 4.74 Å². The number of aliphatic hydroxyl groups excluding tert-OH is 4. The number of ether oxygens (including phenoxy) is 5. The molecule has 1 aromatic rings. The number of carbonyl (C=O) groups is 2. The van der Waals surface area contributed by atoms with Gasteiger partial charge in [-0.05, 0) is 23.8 Å². The van der Waals surface area contributed by atoms with Crippen molar-refractivity contribution in [3.63, 3.8) is 0 Å². The van der Waals surface area contributed by atoms with Gasteiger partial charge in [-0.25, -0.2) is 9.59 Å². The zero-order valence-corrected chi connectivity index (χ0v) is 21.1. The first-order chi connectivity index (χ1) is 19.0. The molecule has 0 bridgehead atoms. The summed E-state index contributed by atoms with van der Waals surface area (Å²) in [6.07, 6.45) is -3.78.